The van der Waals surface area contributed by atoms with Crippen LogP contribution in [0.25, 0.3) is 0 Å². The molecule has 4 heteroatoms. The molecule has 2 aliphatic rings. The van der Waals surface area contributed by atoms with Gasteiger partial charge in [-0.1, -0.05) is 24.3 Å². The minimum Gasteiger partial charge on any atom is -0.395 e. The van der Waals surface area contributed by atoms with E-state index in [0.29, 0.717) is 19.0 Å². The summed E-state index contributed by atoms with van der Waals surface area (Å²) in [5.74, 6) is 0.283. The van der Waals surface area contributed by atoms with Crippen molar-refractivity contribution >= 4 is 5.91 Å². The van der Waals surface area contributed by atoms with Gasteiger partial charge in [-0.2, -0.15) is 0 Å². The van der Waals surface area contributed by atoms with Crippen molar-refractivity contribution in [3.63, 3.8) is 0 Å². The Morgan fingerprint density at radius 3 is 2.86 bits per heavy atom. The second-order valence-corrected chi connectivity index (χ2v) is 6.00. The van der Waals surface area contributed by atoms with Gasteiger partial charge in [0.2, 0.25) is 5.91 Å². The number of hydrogen-bond donors (Lipinski definition) is 1. The average molecular weight is 288 g/mol. The summed E-state index contributed by atoms with van der Waals surface area (Å²) >= 11 is 0. The molecule has 1 fully saturated rings. The van der Waals surface area contributed by atoms with Gasteiger partial charge in [0, 0.05) is 38.6 Å². The molecule has 0 spiro atoms. The molecule has 1 amide bonds. The summed E-state index contributed by atoms with van der Waals surface area (Å²) in [4.78, 5) is 16.0. The van der Waals surface area contributed by atoms with E-state index >= 15 is 0 Å². The molecular weight excluding hydrogens is 264 g/mol. The summed E-state index contributed by atoms with van der Waals surface area (Å²) in [7, 11) is 0. The van der Waals surface area contributed by atoms with E-state index in [1.54, 1.807) is 0 Å². The van der Waals surface area contributed by atoms with Gasteiger partial charge in [0.25, 0.3) is 0 Å². The predicted molar refractivity (Wildman–Crippen MR) is 82.0 cm³/mol. The van der Waals surface area contributed by atoms with Gasteiger partial charge in [0.15, 0.2) is 0 Å². The van der Waals surface area contributed by atoms with Crippen LogP contribution in [0.4, 0.5) is 0 Å². The lowest BCUT2D eigenvalue weighted by atomic mass is 10.1. The van der Waals surface area contributed by atoms with Gasteiger partial charge >= 0.3 is 0 Å². The van der Waals surface area contributed by atoms with Crippen LogP contribution in [0.2, 0.25) is 0 Å². The fraction of sp³-hybridized carbons (Fsp3) is 0.588. The molecule has 21 heavy (non-hydrogen) atoms. The molecule has 1 aromatic carbocycles. The molecule has 0 saturated carbocycles. The summed E-state index contributed by atoms with van der Waals surface area (Å²) in [6.45, 7) is 3.39. The number of carbonyl (C=O) groups is 1. The third-order valence-corrected chi connectivity index (χ3v) is 4.76. The summed E-state index contributed by atoms with van der Waals surface area (Å²) in [6.07, 6.45) is 3.93. The number of fused-ring (bicyclic) bond motifs is 1. The zero-order chi connectivity index (χ0) is 14.7. The van der Waals surface area contributed by atoms with E-state index in [1.165, 1.54) is 11.1 Å². The van der Waals surface area contributed by atoms with Crippen molar-refractivity contribution in [1.29, 1.82) is 0 Å². The smallest absolute Gasteiger partial charge is 0.222 e. The van der Waals surface area contributed by atoms with Crippen LogP contribution in [0.15, 0.2) is 24.3 Å². The lowest BCUT2D eigenvalue weighted by Gasteiger charge is -2.30. The quantitative estimate of drug-likeness (QED) is 0.864. The van der Waals surface area contributed by atoms with Crippen LogP contribution in [-0.2, 0) is 11.2 Å². The Morgan fingerprint density at radius 2 is 2.10 bits per heavy atom. The molecule has 4 nitrogen and oxygen atoms in total. The van der Waals surface area contributed by atoms with Crippen molar-refractivity contribution in [2.75, 3.05) is 32.8 Å². The Labute approximate surface area is 126 Å². The van der Waals surface area contributed by atoms with E-state index in [-0.39, 0.29) is 12.5 Å². The zero-order valence-electron chi connectivity index (χ0n) is 12.5. The molecule has 1 aliphatic heterocycles. The third kappa shape index (κ3) is 3.11. The average Bonchev–Trinajstić information content (AvgIpc) is 3.10. The molecule has 1 aromatic rings. The maximum absolute atomic E-state index is 11.7. The molecule has 1 saturated heterocycles. The van der Waals surface area contributed by atoms with Crippen LogP contribution in [0.3, 0.4) is 0 Å². The summed E-state index contributed by atoms with van der Waals surface area (Å²) in [5.41, 5.74) is 2.83. The highest BCUT2D eigenvalue weighted by Gasteiger charge is 2.28. The number of aliphatic hydroxyl groups excluding tert-OH is 1. The molecule has 1 heterocycles. The second-order valence-electron chi connectivity index (χ2n) is 6.00. The van der Waals surface area contributed by atoms with Crippen LogP contribution in [0.1, 0.15) is 36.4 Å². The topological polar surface area (TPSA) is 43.8 Å². The number of rotatable bonds is 6. The highest BCUT2D eigenvalue weighted by Crippen LogP contribution is 2.35. The first-order valence-corrected chi connectivity index (χ1v) is 8.00. The molecule has 1 unspecified atom stereocenters. The van der Waals surface area contributed by atoms with Crippen molar-refractivity contribution in [2.45, 2.75) is 31.7 Å². The van der Waals surface area contributed by atoms with Crippen LogP contribution in [0, 0.1) is 0 Å². The van der Waals surface area contributed by atoms with Gasteiger partial charge in [-0.3, -0.25) is 9.69 Å². The SMILES string of the molecule is O=C1CCCN1CCN(CCO)C1CCc2ccccc21. The van der Waals surface area contributed by atoms with Crippen molar-refractivity contribution in [1.82, 2.24) is 9.80 Å². The maximum atomic E-state index is 11.7. The number of benzene rings is 1. The van der Waals surface area contributed by atoms with Crippen molar-refractivity contribution in [3.05, 3.63) is 35.4 Å². The van der Waals surface area contributed by atoms with E-state index in [0.717, 1.165) is 38.9 Å². The predicted octanol–water partition coefficient (Wildman–Crippen LogP) is 1.59. The van der Waals surface area contributed by atoms with Gasteiger partial charge in [-0.05, 0) is 30.4 Å². The van der Waals surface area contributed by atoms with E-state index in [2.05, 4.69) is 29.2 Å². The molecule has 0 radical (unpaired) electrons. The standard InChI is InChI=1S/C17H24N2O2/c20-13-12-18(10-11-19-9-3-6-17(19)21)16-8-7-14-4-1-2-5-15(14)16/h1-2,4-5,16,20H,3,6-13H2. The first-order valence-electron chi connectivity index (χ1n) is 8.00. The Morgan fingerprint density at radius 1 is 1.24 bits per heavy atom. The molecule has 0 aromatic heterocycles. The maximum Gasteiger partial charge on any atom is 0.222 e. The minimum absolute atomic E-state index is 0.173. The molecule has 0 bridgehead atoms. The lowest BCUT2D eigenvalue weighted by Crippen LogP contribution is -2.38. The minimum atomic E-state index is 0.173. The zero-order valence-corrected chi connectivity index (χ0v) is 12.5. The summed E-state index contributed by atoms with van der Waals surface area (Å²) in [6, 6.07) is 9.00. The van der Waals surface area contributed by atoms with E-state index in [9.17, 15) is 9.90 Å². The Hall–Kier alpha value is -1.39. The first kappa shape index (κ1) is 14.5. The summed E-state index contributed by atoms with van der Waals surface area (Å²) in [5, 5.41) is 9.37. The Balaban J connectivity index is 1.66. The van der Waals surface area contributed by atoms with E-state index in [1.807, 2.05) is 4.90 Å². The van der Waals surface area contributed by atoms with Crippen molar-refractivity contribution in [3.8, 4) is 0 Å². The van der Waals surface area contributed by atoms with Crippen LogP contribution < -0.4 is 0 Å². The number of carbonyl (C=O) groups excluding carboxylic acids is 1. The number of likely N-dealkylation sites (tertiary alicyclic amines) is 1. The second kappa shape index (κ2) is 6.58. The van der Waals surface area contributed by atoms with E-state index in [4.69, 9.17) is 0 Å². The third-order valence-electron chi connectivity index (χ3n) is 4.76. The Bertz CT molecular complexity index is 503. The largest absolute Gasteiger partial charge is 0.395 e. The van der Waals surface area contributed by atoms with Crippen LogP contribution in [0.5, 0.6) is 0 Å². The molecule has 1 atom stereocenters. The van der Waals surface area contributed by atoms with Crippen LogP contribution >= 0.6 is 0 Å². The molecule has 1 N–H and O–H groups in total. The molecule has 1 aliphatic carbocycles. The van der Waals surface area contributed by atoms with Gasteiger partial charge in [0.05, 0.1) is 6.61 Å². The number of hydrogen-bond acceptors (Lipinski definition) is 3. The van der Waals surface area contributed by atoms with Crippen molar-refractivity contribution in [2.24, 2.45) is 0 Å². The molecule has 3 rings (SSSR count). The van der Waals surface area contributed by atoms with Gasteiger partial charge in [-0.25, -0.2) is 0 Å². The lowest BCUT2D eigenvalue weighted by molar-refractivity contribution is -0.127. The fourth-order valence-corrected chi connectivity index (χ4v) is 3.66. The van der Waals surface area contributed by atoms with Crippen molar-refractivity contribution < 1.29 is 9.90 Å². The van der Waals surface area contributed by atoms with Gasteiger partial charge in [-0.15, -0.1) is 0 Å². The highest BCUT2D eigenvalue weighted by atomic mass is 16.3. The molecular formula is C17H24N2O2. The highest BCUT2D eigenvalue weighted by molar-refractivity contribution is 5.78. The van der Waals surface area contributed by atoms with E-state index < -0.39 is 0 Å². The summed E-state index contributed by atoms with van der Waals surface area (Å²) < 4.78 is 0. The fourth-order valence-electron chi connectivity index (χ4n) is 3.66. The van der Waals surface area contributed by atoms with Crippen LogP contribution in [-0.4, -0.2) is 53.6 Å². The van der Waals surface area contributed by atoms with Gasteiger partial charge < -0.3 is 10.0 Å². The normalized spacial score (nSPS) is 21.3. The number of nitrogens with zero attached hydrogens (tertiary/aromatic N) is 2. The van der Waals surface area contributed by atoms with Gasteiger partial charge in [0.1, 0.15) is 0 Å². The number of amides is 1. The number of aryl methyl sites for hydroxylation is 1. The monoisotopic (exact) mass is 288 g/mol. The first-order chi connectivity index (χ1) is 10.3. The number of aliphatic hydroxyl groups is 1. The Kier molecular flexibility index (Phi) is 4.56. The molecule has 114 valence electrons.